The van der Waals surface area contributed by atoms with E-state index in [1.807, 2.05) is 6.92 Å². The maximum absolute atomic E-state index is 12.8. The normalized spacial score (nSPS) is 16.9. The van der Waals surface area contributed by atoms with E-state index in [-0.39, 0.29) is 11.8 Å². The van der Waals surface area contributed by atoms with Crippen LogP contribution in [0.15, 0.2) is 0 Å². The molecule has 2 atom stereocenters. The van der Waals surface area contributed by atoms with Gasteiger partial charge in [0.05, 0.1) is 5.88 Å². The van der Waals surface area contributed by atoms with Gasteiger partial charge in [0.15, 0.2) is 0 Å². The average Bonchev–Trinajstić information content (AvgIpc) is 1.98. The molecule has 0 aliphatic carbocycles. The van der Waals surface area contributed by atoms with Gasteiger partial charge in [-0.25, -0.2) is 4.39 Å². The van der Waals surface area contributed by atoms with E-state index in [0.717, 1.165) is 12.8 Å². The molecular formula is C9H18ClF. The van der Waals surface area contributed by atoms with Gasteiger partial charge >= 0.3 is 0 Å². The van der Waals surface area contributed by atoms with Crippen molar-refractivity contribution >= 4 is 11.6 Å². The van der Waals surface area contributed by atoms with Crippen LogP contribution in [0.5, 0.6) is 0 Å². The Hall–Kier alpha value is 0.220. The Morgan fingerprint density at radius 3 is 2.09 bits per heavy atom. The van der Waals surface area contributed by atoms with Crippen molar-refractivity contribution in [3.8, 4) is 0 Å². The van der Waals surface area contributed by atoms with Crippen molar-refractivity contribution in [3.63, 3.8) is 0 Å². The molecule has 68 valence electrons. The van der Waals surface area contributed by atoms with Gasteiger partial charge in [-0.3, -0.25) is 0 Å². The second kappa shape index (κ2) is 5.82. The zero-order valence-electron chi connectivity index (χ0n) is 7.61. The summed E-state index contributed by atoms with van der Waals surface area (Å²) in [5.74, 6) is 0.925. The summed E-state index contributed by atoms with van der Waals surface area (Å²) in [4.78, 5) is 0. The van der Waals surface area contributed by atoms with E-state index in [1.165, 1.54) is 0 Å². The molecule has 0 radical (unpaired) electrons. The fraction of sp³-hybridized carbons (Fsp3) is 1.00. The highest BCUT2D eigenvalue weighted by atomic mass is 35.5. The topological polar surface area (TPSA) is 0 Å². The molecule has 0 N–H and O–H groups in total. The molecule has 0 aliphatic rings. The molecule has 2 heteroatoms. The summed E-state index contributed by atoms with van der Waals surface area (Å²) < 4.78 is 12.8. The van der Waals surface area contributed by atoms with Crippen molar-refractivity contribution in [1.29, 1.82) is 0 Å². The van der Waals surface area contributed by atoms with Crippen LogP contribution in [-0.4, -0.2) is 12.1 Å². The Kier molecular flexibility index (Phi) is 5.93. The third-order valence-electron chi connectivity index (χ3n) is 1.96. The zero-order chi connectivity index (χ0) is 8.85. The van der Waals surface area contributed by atoms with Gasteiger partial charge < -0.3 is 0 Å². The van der Waals surface area contributed by atoms with Crippen LogP contribution in [0, 0.1) is 11.8 Å². The van der Waals surface area contributed by atoms with Crippen LogP contribution in [0.2, 0.25) is 0 Å². The highest BCUT2D eigenvalue weighted by Gasteiger charge is 2.14. The van der Waals surface area contributed by atoms with E-state index in [1.54, 1.807) is 0 Å². The third-order valence-corrected chi connectivity index (χ3v) is 2.26. The van der Waals surface area contributed by atoms with Crippen molar-refractivity contribution in [2.24, 2.45) is 11.8 Å². The molecule has 0 fully saturated rings. The van der Waals surface area contributed by atoms with Gasteiger partial charge in [-0.05, 0) is 18.3 Å². The van der Waals surface area contributed by atoms with E-state index >= 15 is 0 Å². The first-order valence-electron chi connectivity index (χ1n) is 4.28. The first-order chi connectivity index (χ1) is 5.07. The molecule has 0 amide bonds. The van der Waals surface area contributed by atoms with E-state index in [4.69, 9.17) is 11.6 Å². The molecule has 0 saturated heterocycles. The van der Waals surface area contributed by atoms with Crippen LogP contribution in [-0.2, 0) is 0 Å². The van der Waals surface area contributed by atoms with E-state index in [2.05, 4.69) is 13.8 Å². The fourth-order valence-electron chi connectivity index (χ4n) is 0.929. The van der Waals surface area contributed by atoms with Crippen molar-refractivity contribution < 1.29 is 4.39 Å². The molecule has 0 aliphatic heterocycles. The number of hydrogen-bond donors (Lipinski definition) is 0. The van der Waals surface area contributed by atoms with Gasteiger partial charge in [0.25, 0.3) is 0 Å². The SMILES string of the molecule is CC(C)CCC(C)C(F)CCl. The van der Waals surface area contributed by atoms with Gasteiger partial charge in [-0.15, -0.1) is 11.6 Å². The summed E-state index contributed by atoms with van der Waals surface area (Å²) >= 11 is 5.39. The van der Waals surface area contributed by atoms with Crippen LogP contribution in [0.3, 0.4) is 0 Å². The number of rotatable bonds is 5. The van der Waals surface area contributed by atoms with Gasteiger partial charge in [-0.2, -0.15) is 0 Å². The molecule has 0 nitrogen and oxygen atoms in total. The predicted molar refractivity (Wildman–Crippen MR) is 48.9 cm³/mol. The lowest BCUT2D eigenvalue weighted by Crippen LogP contribution is -2.14. The van der Waals surface area contributed by atoms with Crippen LogP contribution in [0.25, 0.3) is 0 Å². The quantitative estimate of drug-likeness (QED) is 0.567. The second-order valence-electron chi connectivity index (χ2n) is 3.62. The zero-order valence-corrected chi connectivity index (χ0v) is 8.37. The van der Waals surface area contributed by atoms with Crippen molar-refractivity contribution in [3.05, 3.63) is 0 Å². The highest BCUT2D eigenvalue weighted by Crippen LogP contribution is 2.18. The maximum Gasteiger partial charge on any atom is 0.116 e. The lowest BCUT2D eigenvalue weighted by atomic mass is 9.96. The third kappa shape index (κ3) is 5.49. The van der Waals surface area contributed by atoms with E-state index in [0.29, 0.717) is 5.92 Å². The minimum Gasteiger partial charge on any atom is -0.246 e. The first kappa shape index (κ1) is 11.2. The van der Waals surface area contributed by atoms with Crippen molar-refractivity contribution in [1.82, 2.24) is 0 Å². The van der Waals surface area contributed by atoms with Crippen molar-refractivity contribution in [2.45, 2.75) is 39.8 Å². The largest absolute Gasteiger partial charge is 0.246 e. The fourth-order valence-corrected chi connectivity index (χ4v) is 1.23. The van der Waals surface area contributed by atoms with Crippen LogP contribution in [0.4, 0.5) is 4.39 Å². The summed E-state index contributed by atoms with van der Waals surface area (Å²) in [7, 11) is 0. The molecule has 0 aromatic heterocycles. The van der Waals surface area contributed by atoms with Crippen LogP contribution in [0.1, 0.15) is 33.6 Å². The molecule has 11 heavy (non-hydrogen) atoms. The maximum atomic E-state index is 12.8. The molecule has 0 bridgehead atoms. The summed E-state index contributed by atoms with van der Waals surface area (Å²) in [6.07, 6.45) is 1.22. The van der Waals surface area contributed by atoms with Crippen molar-refractivity contribution in [2.75, 3.05) is 5.88 Å². The number of alkyl halides is 2. The molecule has 0 spiro atoms. The van der Waals surface area contributed by atoms with Crippen LogP contribution < -0.4 is 0 Å². The minimum absolute atomic E-state index is 0.120. The molecule has 0 aromatic rings. The lowest BCUT2D eigenvalue weighted by molar-refractivity contribution is 0.246. The van der Waals surface area contributed by atoms with Gasteiger partial charge in [0, 0.05) is 0 Å². The Balaban J connectivity index is 3.43. The van der Waals surface area contributed by atoms with Gasteiger partial charge in [-0.1, -0.05) is 27.2 Å². The predicted octanol–water partition coefficient (Wildman–Crippen LogP) is 3.64. The number of hydrogen-bond acceptors (Lipinski definition) is 0. The highest BCUT2D eigenvalue weighted by molar-refractivity contribution is 6.18. The second-order valence-corrected chi connectivity index (χ2v) is 3.93. The molecule has 0 heterocycles. The molecule has 0 saturated carbocycles. The molecule has 2 unspecified atom stereocenters. The van der Waals surface area contributed by atoms with Crippen LogP contribution >= 0.6 is 11.6 Å². The van der Waals surface area contributed by atoms with Gasteiger partial charge in [0.1, 0.15) is 6.17 Å². The molecular weight excluding hydrogens is 163 g/mol. The minimum atomic E-state index is -0.824. The standard InChI is InChI=1S/C9H18ClF/c1-7(2)4-5-8(3)9(11)6-10/h7-9H,4-6H2,1-3H3. The summed E-state index contributed by atoms with van der Waals surface area (Å²) in [6.45, 7) is 6.23. The summed E-state index contributed by atoms with van der Waals surface area (Å²) in [6, 6.07) is 0. The Morgan fingerprint density at radius 1 is 1.18 bits per heavy atom. The first-order valence-corrected chi connectivity index (χ1v) is 4.81. The molecule has 0 aromatic carbocycles. The van der Waals surface area contributed by atoms with Gasteiger partial charge in [0.2, 0.25) is 0 Å². The Bertz CT molecular complexity index is 93.6. The van der Waals surface area contributed by atoms with E-state index in [9.17, 15) is 4.39 Å². The average molecular weight is 181 g/mol. The lowest BCUT2D eigenvalue weighted by Gasteiger charge is -2.14. The summed E-state index contributed by atoms with van der Waals surface area (Å²) in [5.41, 5.74) is 0. The monoisotopic (exact) mass is 180 g/mol. The Labute approximate surface area is 74.1 Å². The summed E-state index contributed by atoms with van der Waals surface area (Å²) in [5, 5.41) is 0. The van der Waals surface area contributed by atoms with E-state index < -0.39 is 6.17 Å². The Morgan fingerprint density at radius 2 is 1.73 bits per heavy atom. The molecule has 0 rings (SSSR count). The smallest absolute Gasteiger partial charge is 0.116 e. The number of halogens is 2.